The zero-order valence-corrected chi connectivity index (χ0v) is 14.0. The predicted molar refractivity (Wildman–Crippen MR) is 89.4 cm³/mol. The van der Waals surface area contributed by atoms with E-state index in [0.717, 1.165) is 30.5 Å². The van der Waals surface area contributed by atoms with Crippen molar-refractivity contribution in [3.63, 3.8) is 0 Å². The molecule has 0 amide bonds. The van der Waals surface area contributed by atoms with E-state index in [-0.39, 0.29) is 5.15 Å². The van der Waals surface area contributed by atoms with Gasteiger partial charge >= 0.3 is 6.18 Å². The third-order valence-corrected chi connectivity index (χ3v) is 4.36. The van der Waals surface area contributed by atoms with Crippen molar-refractivity contribution in [3.05, 3.63) is 52.3 Å². The van der Waals surface area contributed by atoms with Crippen LogP contribution in [0.25, 0.3) is 5.65 Å². The van der Waals surface area contributed by atoms with Crippen LogP contribution < -0.4 is 5.32 Å². The Morgan fingerprint density at radius 2 is 1.96 bits per heavy atom. The largest absolute Gasteiger partial charge is 0.416 e. The van der Waals surface area contributed by atoms with Crippen molar-refractivity contribution in [2.75, 3.05) is 5.32 Å². The fraction of sp³-hybridized carbons (Fsp3) is 0.294. The maximum Gasteiger partial charge on any atom is 0.416 e. The number of anilines is 2. The Labute approximate surface area is 146 Å². The summed E-state index contributed by atoms with van der Waals surface area (Å²) in [4.78, 5) is 4.32. The van der Waals surface area contributed by atoms with Gasteiger partial charge in [0.05, 0.1) is 11.8 Å². The third kappa shape index (κ3) is 3.16. The topological polar surface area (TPSA) is 42.2 Å². The maximum absolute atomic E-state index is 13.0. The first-order valence-corrected chi connectivity index (χ1v) is 8.19. The number of aryl methyl sites for hydroxylation is 1. The lowest BCUT2D eigenvalue weighted by atomic mass is 10.1. The first kappa shape index (κ1) is 16.2. The monoisotopic (exact) mass is 366 g/mol. The number of nitrogens with one attached hydrogen (secondary N) is 1. The maximum atomic E-state index is 13.0. The minimum atomic E-state index is -4.40. The van der Waals surface area contributed by atoms with Crippen LogP contribution >= 0.6 is 11.6 Å². The van der Waals surface area contributed by atoms with Crippen LogP contribution in [0.2, 0.25) is 5.15 Å². The lowest BCUT2D eigenvalue weighted by molar-refractivity contribution is -0.137. The molecule has 0 spiro atoms. The molecule has 130 valence electrons. The molecule has 0 atom stereocenters. The molecule has 0 saturated heterocycles. The van der Waals surface area contributed by atoms with Crippen LogP contribution in [-0.4, -0.2) is 14.6 Å². The van der Waals surface area contributed by atoms with Crippen LogP contribution in [0.1, 0.15) is 35.4 Å². The Morgan fingerprint density at radius 3 is 2.64 bits per heavy atom. The molecule has 3 aromatic rings. The van der Waals surface area contributed by atoms with Crippen LogP contribution in [-0.2, 0) is 6.18 Å². The molecule has 0 radical (unpaired) electrons. The molecule has 0 unspecified atom stereocenters. The van der Waals surface area contributed by atoms with Crippen molar-refractivity contribution in [2.45, 2.75) is 31.9 Å². The number of hydrogen-bond donors (Lipinski definition) is 1. The van der Waals surface area contributed by atoms with Gasteiger partial charge in [-0.15, -0.1) is 0 Å². The fourth-order valence-corrected chi connectivity index (χ4v) is 3.07. The molecule has 8 heteroatoms. The highest BCUT2D eigenvalue weighted by atomic mass is 35.5. The van der Waals surface area contributed by atoms with Gasteiger partial charge in [-0.1, -0.05) is 11.6 Å². The van der Waals surface area contributed by atoms with Gasteiger partial charge in [0, 0.05) is 17.3 Å². The zero-order valence-electron chi connectivity index (χ0n) is 13.2. The molecule has 1 aromatic carbocycles. The molecule has 0 aliphatic heterocycles. The lowest BCUT2D eigenvalue weighted by Gasteiger charge is -2.13. The highest BCUT2D eigenvalue weighted by Crippen LogP contribution is 2.42. The Balaban J connectivity index is 1.77. The van der Waals surface area contributed by atoms with Gasteiger partial charge < -0.3 is 5.32 Å². The number of hydrogen-bond acceptors (Lipinski definition) is 3. The standard InChI is InChI=1S/C17H14ClF3N4/c1-9-4-11(17(19,20)21)6-12(5-9)23-15-7-14(18)24-16-13(10-2-3-10)8-22-25(15)16/h4-8,10,23H,2-3H2,1H3. The van der Waals surface area contributed by atoms with Crippen molar-refractivity contribution in [1.82, 2.24) is 14.6 Å². The first-order valence-electron chi connectivity index (χ1n) is 7.81. The molecule has 2 heterocycles. The summed E-state index contributed by atoms with van der Waals surface area (Å²) in [7, 11) is 0. The Kier molecular flexibility index (Phi) is 3.64. The summed E-state index contributed by atoms with van der Waals surface area (Å²) < 4.78 is 40.7. The molecule has 1 N–H and O–H groups in total. The molecule has 1 aliphatic rings. The van der Waals surface area contributed by atoms with E-state index in [9.17, 15) is 13.2 Å². The molecule has 1 saturated carbocycles. The molecule has 1 fully saturated rings. The minimum Gasteiger partial charge on any atom is -0.340 e. The number of rotatable bonds is 3. The van der Waals surface area contributed by atoms with Gasteiger partial charge in [-0.2, -0.15) is 22.8 Å². The number of halogens is 4. The van der Waals surface area contributed by atoms with Crippen molar-refractivity contribution in [1.29, 1.82) is 0 Å². The van der Waals surface area contributed by atoms with Gasteiger partial charge in [-0.05, 0) is 49.4 Å². The lowest BCUT2D eigenvalue weighted by Crippen LogP contribution is -2.07. The Morgan fingerprint density at radius 1 is 1.20 bits per heavy atom. The van der Waals surface area contributed by atoms with Crippen LogP contribution in [0.15, 0.2) is 30.5 Å². The van der Waals surface area contributed by atoms with Gasteiger partial charge in [0.25, 0.3) is 0 Å². The van der Waals surface area contributed by atoms with Crippen LogP contribution in [0.3, 0.4) is 0 Å². The van der Waals surface area contributed by atoms with E-state index in [1.165, 1.54) is 0 Å². The number of benzene rings is 1. The van der Waals surface area contributed by atoms with E-state index < -0.39 is 11.7 Å². The first-order chi connectivity index (χ1) is 11.8. The van der Waals surface area contributed by atoms with Crippen molar-refractivity contribution in [3.8, 4) is 0 Å². The third-order valence-electron chi connectivity index (χ3n) is 4.16. The van der Waals surface area contributed by atoms with Crippen LogP contribution in [0.4, 0.5) is 24.7 Å². The Hall–Kier alpha value is -2.28. The minimum absolute atomic E-state index is 0.265. The molecular weight excluding hydrogens is 353 g/mol. The SMILES string of the molecule is Cc1cc(Nc2cc(Cl)nc3c(C4CC4)cnn23)cc(C(F)(F)F)c1. The second-order valence-corrected chi connectivity index (χ2v) is 6.67. The van der Waals surface area contributed by atoms with Crippen molar-refractivity contribution >= 4 is 28.8 Å². The smallest absolute Gasteiger partial charge is 0.340 e. The van der Waals surface area contributed by atoms with Gasteiger partial charge in [0.1, 0.15) is 11.0 Å². The summed E-state index contributed by atoms with van der Waals surface area (Å²) in [5, 5.41) is 7.58. The normalized spacial score (nSPS) is 14.9. The van der Waals surface area contributed by atoms with Gasteiger partial charge in [0.15, 0.2) is 5.65 Å². The van der Waals surface area contributed by atoms with Gasteiger partial charge in [0.2, 0.25) is 0 Å². The molecule has 4 rings (SSSR count). The summed E-state index contributed by atoms with van der Waals surface area (Å²) in [6.45, 7) is 1.62. The summed E-state index contributed by atoms with van der Waals surface area (Å²) in [6.07, 6.45) is -0.479. The van der Waals surface area contributed by atoms with E-state index in [1.54, 1.807) is 29.8 Å². The van der Waals surface area contributed by atoms with Gasteiger partial charge in [-0.3, -0.25) is 0 Å². The second kappa shape index (κ2) is 5.62. The van der Waals surface area contributed by atoms with E-state index in [2.05, 4.69) is 15.4 Å². The molecular formula is C17H14ClF3N4. The van der Waals surface area contributed by atoms with E-state index >= 15 is 0 Å². The molecule has 4 nitrogen and oxygen atoms in total. The fourth-order valence-electron chi connectivity index (χ4n) is 2.89. The average molecular weight is 367 g/mol. The van der Waals surface area contributed by atoms with Crippen LogP contribution in [0.5, 0.6) is 0 Å². The molecule has 0 bridgehead atoms. The molecule has 2 aromatic heterocycles. The van der Waals surface area contributed by atoms with Crippen molar-refractivity contribution < 1.29 is 13.2 Å². The van der Waals surface area contributed by atoms with E-state index in [4.69, 9.17) is 11.6 Å². The second-order valence-electron chi connectivity index (χ2n) is 6.28. The number of aromatic nitrogens is 3. The number of fused-ring (bicyclic) bond motifs is 1. The highest BCUT2D eigenvalue weighted by molar-refractivity contribution is 6.29. The van der Waals surface area contributed by atoms with E-state index in [1.807, 2.05) is 0 Å². The van der Waals surface area contributed by atoms with Crippen LogP contribution in [0, 0.1) is 6.92 Å². The average Bonchev–Trinajstić information content (AvgIpc) is 3.26. The molecule has 1 aliphatic carbocycles. The summed E-state index contributed by atoms with van der Waals surface area (Å²) in [6, 6.07) is 5.37. The van der Waals surface area contributed by atoms with E-state index in [0.29, 0.717) is 28.6 Å². The predicted octanol–water partition coefficient (Wildman–Crippen LogP) is 5.33. The number of alkyl halides is 3. The molecule has 25 heavy (non-hydrogen) atoms. The quantitative estimate of drug-likeness (QED) is 0.637. The van der Waals surface area contributed by atoms with Crippen molar-refractivity contribution in [2.24, 2.45) is 0 Å². The summed E-state index contributed by atoms with van der Waals surface area (Å²) >= 11 is 6.11. The highest BCUT2D eigenvalue weighted by Gasteiger charge is 2.31. The number of nitrogens with zero attached hydrogens (tertiary/aromatic N) is 3. The zero-order chi connectivity index (χ0) is 17.8. The summed E-state index contributed by atoms with van der Waals surface area (Å²) in [5.74, 6) is 0.910. The van der Waals surface area contributed by atoms with Gasteiger partial charge in [-0.25, -0.2) is 4.98 Å². The summed E-state index contributed by atoms with van der Waals surface area (Å²) in [5.41, 5.74) is 1.78. The Bertz CT molecular complexity index is 960.